The van der Waals surface area contributed by atoms with Crippen LogP contribution in [0.3, 0.4) is 0 Å². The number of nitrogens with zero attached hydrogens (tertiary/aromatic N) is 3. The van der Waals surface area contributed by atoms with Gasteiger partial charge in [-0.3, -0.25) is 14.9 Å². The van der Waals surface area contributed by atoms with Gasteiger partial charge in [0, 0.05) is 37.9 Å². The second-order valence-electron chi connectivity index (χ2n) is 7.70. The highest BCUT2D eigenvalue weighted by molar-refractivity contribution is 6.08. The number of hydrogen-bond acceptors (Lipinski definition) is 7. The van der Waals surface area contributed by atoms with Gasteiger partial charge in [-0.1, -0.05) is 36.4 Å². The Morgan fingerprint density at radius 1 is 1.06 bits per heavy atom. The molecular formula is C24H28N4O4. The number of hydrogen-bond donors (Lipinski definition) is 1. The summed E-state index contributed by atoms with van der Waals surface area (Å²) < 4.78 is 10.5. The van der Waals surface area contributed by atoms with Crippen LogP contribution in [0.25, 0.3) is 0 Å². The SMILES string of the molecule is CCOC(=O)C1C(=O)NC(N2CCN(c3cccc(OC)c3)CC2)=NC1c1ccccc1. The molecule has 2 aliphatic rings. The molecule has 2 aliphatic heterocycles. The maximum Gasteiger partial charge on any atom is 0.321 e. The summed E-state index contributed by atoms with van der Waals surface area (Å²) in [4.78, 5) is 34.7. The fourth-order valence-electron chi connectivity index (χ4n) is 4.10. The van der Waals surface area contributed by atoms with Crippen LogP contribution in [0, 0.1) is 5.92 Å². The summed E-state index contributed by atoms with van der Waals surface area (Å²) >= 11 is 0. The number of rotatable bonds is 5. The van der Waals surface area contributed by atoms with E-state index in [1.165, 1.54) is 0 Å². The van der Waals surface area contributed by atoms with Crippen molar-refractivity contribution in [2.45, 2.75) is 13.0 Å². The molecule has 4 rings (SSSR count). The van der Waals surface area contributed by atoms with Gasteiger partial charge in [0.05, 0.1) is 13.7 Å². The summed E-state index contributed by atoms with van der Waals surface area (Å²) in [5.74, 6) is -0.597. The van der Waals surface area contributed by atoms with E-state index in [-0.39, 0.29) is 12.5 Å². The lowest BCUT2D eigenvalue weighted by atomic mass is 9.91. The van der Waals surface area contributed by atoms with E-state index in [4.69, 9.17) is 14.5 Å². The van der Waals surface area contributed by atoms with Gasteiger partial charge in [0.2, 0.25) is 11.9 Å². The Balaban J connectivity index is 1.53. The quantitative estimate of drug-likeness (QED) is 0.572. The summed E-state index contributed by atoms with van der Waals surface area (Å²) in [6, 6.07) is 16.8. The average molecular weight is 437 g/mol. The zero-order chi connectivity index (χ0) is 22.5. The van der Waals surface area contributed by atoms with E-state index in [0.717, 1.165) is 30.1 Å². The summed E-state index contributed by atoms with van der Waals surface area (Å²) in [5, 5.41) is 2.85. The first-order valence-electron chi connectivity index (χ1n) is 10.8. The molecule has 0 bridgehead atoms. The Morgan fingerprint density at radius 3 is 2.47 bits per heavy atom. The minimum atomic E-state index is -1.00. The first kappa shape index (κ1) is 21.7. The molecular weight excluding hydrogens is 408 g/mol. The predicted octanol–water partition coefficient (Wildman–Crippen LogP) is 2.22. The van der Waals surface area contributed by atoms with E-state index in [1.807, 2.05) is 48.5 Å². The van der Waals surface area contributed by atoms with Gasteiger partial charge in [-0.15, -0.1) is 0 Å². The van der Waals surface area contributed by atoms with Gasteiger partial charge >= 0.3 is 5.97 Å². The molecule has 0 spiro atoms. The van der Waals surface area contributed by atoms with Gasteiger partial charge < -0.3 is 19.3 Å². The fraction of sp³-hybridized carbons (Fsp3) is 0.375. The van der Waals surface area contributed by atoms with Gasteiger partial charge in [-0.2, -0.15) is 0 Å². The van der Waals surface area contributed by atoms with Crippen LogP contribution in [0.2, 0.25) is 0 Å². The molecule has 1 fully saturated rings. The van der Waals surface area contributed by atoms with Crippen molar-refractivity contribution in [2.75, 3.05) is 44.8 Å². The van der Waals surface area contributed by atoms with Gasteiger partial charge in [0.15, 0.2) is 5.92 Å². The number of anilines is 1. The van der Waals surface area contributed by atoms with Crippen LogP contribution in [0.4, 0.5) is 5.69 Å². The molecule has 168 valence electrons. The zero-order valence-corrected chi connectivity index (χ0v) is 18.4. The van der Waals surface area contributed by atoms with Gasteiger partial charge in [0.1, 0.15) is 11.8 Å². The molecule has 1 N–H and O–H groups in total. The lowest BCUT2D eigenvalue weighted by Gasteiger charge is -2.39. The number of carbonyl (C=O) groups is 2. The van der Waals surface area contributed by atoms with Crippen LogP contribution in [0.15, 0.2) is 59.6 Å². The van der Waals surface area contributed by atoms with Crippen LogP contribution in [0.5, 0.6) is 5.75 Å². The topological polar surface area (TPSA) is 83.5 Å². The number of amides is 1. The van der Waals surface area contributed by atoms with Crippen LogP contribution >= 0.6 is 0 Å². The molecule has 2 aromatic carbocycles. The average Bonchev–Trinajstić information content (AvgIpc) is 2.84. The number of aliphatic imine (C=N–C) groups is 1. The van der Waals surface area contributed by atoms with E-state index in [9.17, 15) is 9.59 Å². The molecule has 0 radical (unpaired) electrons. The molecule has 0 aliphatic carbocycles. The summed E-state index contributed by atoms with van der Waals surface area (Å²) in [5.41, 5.74) is 1.91. The number of methoxy groups -OCH3 is 1. The van der Waals surface area contributed by atoms with E-state index < -0.39 is 17.9 Å². The fourth-order valence-corrected chi connectivity index (χ4v) is 4.10. The molecule has 0 saturated carbocycles. The van der Waals surface area contributed by atoms with Gasteiger partial charge in [-0.05, 0) is 24.6 Å². The highest BCUT2D eigenvalue weighted by Gasteiger charge is 2.42. The van der Waals surface area contributed by atoms with Crippen molar-refractivity contribution in [2.24, 2.45) is 10.9 Å². The van der Waals surface area contributed by atoms with E-state index in [0.29, 0.717) is 19.0 Å². The maximum atomic E-state index is 13.0. The largest absolute Gasteiger partial charge is 0.497 e. The van der Waals surface area contributed by atoms with Gasteiger partial charge in [-0.25, -0.2) is 4.99 Å². The summed E-state index contributed by atoms with van der Waals surface area (Å²) in [7, 11) is 1.66. The van der Waals surface area contributed by atoms with Crippen molar-refractivity contribution >= 4 is 23.5 Å². The van der Waals surface area contributed by atoms with Crippen LogP contribution in [-0.2, 0) is 14.3 Å². The summed E-state index contributed by atoms with van der Waals surface area (Å²) in [6.45, 7) is 4.89. The standard InChI is InChI=1S/C24H28N4O4/c1-3-32-23(30)20-21(17-8-5-4-6-9-17)25-24(26-22(20)29)28-14-12-27(13-15-28)18-10-7-11-19(16-18)31-2/h4-11,16,20-21H,3,12-15H2,1-2H3,(H,25,26,29). The molecule has 2 unspecified atom stereocenters. The number of carbonyl (C=O) groups excluding carboxylic acids is 2. The number of esters is 1. The Kier molecular flexibility index (Phi) is 6.58. The Bertz CT molecular complexity index is 987. The minimum absolute atomic E-state index is 0.215. The van der Waals surface area contributed by atoms with E-state index in [2.05, 4.69) is 21.2 Å². The number of guanidine groups is 1. The van der Waals surface area contributed by atoms with Crippen molar-refractivity contribution in [3.05, 3.63) is 60.2 Å². The van der Waals surface area contributed by atoms with E-state index in [1.54, 1.807) is 14.0 Å². The molecule has 2 atom stereocenters. The minimum Gasteiger partial charge on any atom is -0.497 e. The molecule has 2 heterocycles. The lowest BCUT2D eigenvalue weighted by Crippen LogP contribution is -2.57. The molecule has 8 heteroatoms. The lowest BCUT2D eigenvalue weighted by molar-refractivity contribution is -0.153. The number of benzene rings is 2. The molecule has 1 amide bonds. The third-order valence-electron chi connectivity index (χ3n) is 5.77. The third kappa shape index (κ3) is 4.54. The molecule has 0 aromatic heterocycles. The number of nitrogens with one attached hydrogen (secondary N) is 1. The predicted molar refractivity (Wildman–Crippen MR) is 122 cm³/mol. The third-order valence-corrected chi connectivity index (χ3v) is 5.77. The summed E-state index contributed by atoms with van der Waals surface area (Å²) in [6.07, 6.45) is 0. The maximum absolute atomic E-state index is 13.0. The smallest absolute Gasteiger partial charge is 0.321 e. The molecule has 1 saturated heterocycles. The highest BCUT2D eigenvalue weighted by Crippen LogP contribution is 2.31. The van der Waals surface area contributed by atoms with Crippen molar-refractivity contribution < 1.29 is 19.1 Å². The monoisotopic (exact) mass is 436 g/mol. The second kappa shape index (κ2) is 9.72. The van der Waals surface area contributed by atoms with E-state index >= 15 is 0 Å². The van der Waals surface area contributed by atoms with Crippen LogP contribution in [-0.4, -0.2) is 62.6 Å². The van der Waals surface area contributed by atoms with Crippen molar-refractivity contribution in [3.8, 4) is 5.75 Å². The van der Waals surface area contributed by atoms with Gasteiger partial charge in [0.25, 0.3) is 0 Å². The second-order valence-corrected chi connectivity index (χ2v) is 7.70. The van der Waals surface area contributed by atoms with Crippen LogP contribution in [0.1, 0.15) is 18.5 Å². The van der Waals surface area contributed by atoms with Crippen molar-refractivity contribution in [3.63, 3.8) is 0 Å². The Hall–Kier alpha value is -3.55. The number of piperazine rings is 1. The zero-order valence-electron chi connectivity index (χ0n) is 18.4. The normalized spacial score (nSPS) is 20.9. The number of ether oxygens (including phenoxy) is 2. The molecule has 32 heavy (non-hydrogen) atoms. The molecule has 2 aromatic rings. The molecule has 8 nitrogen and oxygen atoms in total. The Labute approximate surface area is 187 Å². The van der Waals surface area contributed by atoms with Crippen LogP contribution < -0.4 is 15.0 Å². The Morgan fingerprint density at radius 2 is 1.78 bits per heavy atom. The first-order valence-corrected chi connectivity index (χ1v) is 10.8. The highest BCUT2D eigenvalue weighted by atomic mass is 16.5. The van der Waals surface area contributed by atoms with Crippen molar-refractivity contribution in [1.29, 1.82) is 0 Å². The van der Waals surface area contributed by atoms with Crippen molar-refractivity contribution in [1.82, 2.24) is 10.2 Å². The first-order chi connectivity index (χ1) is 15.6.